The molecular weight excluding hydrogens is 388 g/mol. The monoisotopic (exact) mass is 408 g/mol. The Labute approximate surface area is 165 Å². The standard InChI is InChI=1S/C22H20F4O3/c1-13-8-14(3-7-21(27)28)2-6-20(13)29-12-16-10-22(25,26)11-17(16)15-4-5-18(23)19(24)9-15/h2,4-6,8-9H,3,7,10-12H2,1H3,(H,27,28). The maximum atomic E-state index is 14.0. The maximum absolute atomic E-state index is 14.0. The lowest BCUT2D eigenvalue weighted by molar-refractivity contribution is -0.136. The van der Waals surface area contributed by atoms with Crippen LogP contribution in [0.1, 0.15) is 36.0 Å². The molecule has 0 bridgehead atoms. The van der Waals surface area contributed by atoms with Crippen LogP contribution in [-0.2, 0) is 11.2 Å². The van der Waals surface area contributed by atoms with Crippen molar-refractivity contribution in [1.82, 2.24) is 0 Å². The number of alkyl halides is 2. The van der Waals surface area contributed by atoms with Gasteiger partial charge in [0, 0.05) is 19.3 Å². The predicted octanol–water partition coefficient (Wildman–Crippen LogP) is 5.55. The third kappa shape index (κ3) is 5.16. The number of hydrogen-bond donors (Lipinski definition) is 1. The zero-order valence-corrected chi connectivity index (χ0v) is 15.8. The molecule has 154 valence electrons. The molecule has 0 fully saturated rings. The first-order chi connectivity index (χ1) is 13.6. The van der Waals surface area contributed by atoms with Crippen molar-refractivity contribution in [2.45, 2.75) is 38.5 Å². The van der Waals surface area contributed by atoms with Crippen LogP contribution in [0.2, 0.25) is 0 Å². The van der Waals surface area contributed by atoms with Crippen LogP contribution in [0.25, 0.3) is 5.57 Å². The summed E-state index contributed by atoms with van der Waals surface area (Å²) in [5.74, 6) is -5.47. The van der Waals surface area contributed by atoms with E-state index in [1.807, 2.05) is 0 Å². The summed E-state index contributed by atoms with van der Waals surface area (Å²) in [5.41, 5.74) is 2.43. The van der Waals surface area contributed by atoms with Crippen LogP contribution in [0.5, 0.6) is 5.75 Å². The van der Waals surface area contributed by atoms with E-state index in [1.165, 1.54) is 6.07 Å². The van der Waals surface area contributed by atoms with Crippen molar-refractivity contribution < 1.29 is 32.2 Å². The van der Waals surface area contributed by atoms with Gasteiger partial charge in [0.15, 0.2) is 11.6 Å². The maximum Gasteiger partial charge on any atom is 0.303 e. The number of aryl methyl sites for hydroxylation is 2. The van der Waals surface area contributed by atoms with Crippen LogP contribution in [0.4, 0.5) is 17.6 Å². The van der Waals surface area contributed by atoms with E-state index in [0.29, 0.717) is 17.7 Å². The molecule has 0 aliphatic heterocycles. The van der Waals surface area contributed by atoms with E-state index in [0.717, 1.165) is 23.3 Å². The van der Waals surface area contributed by atoms with Gasteiger partial charge in [-0.3, -0.25) is 4.79 Å². The minimum Gasteiger partial charge on any atom is -0.489 e. The summed E-state index contributed by atoms with van der Waals surface area (Å²) in [7, 11) is 0. The molecule has 2 aromatic carbocycles. The highest BCUT2D eigenvalue weighted by atomic mass is 19.3. The molecule has 7 heteroatoms. The molecule has 0 aromatic heterocycles. The summed E-state index contributed by atoms with van der Waals surface area (Å²) in [6.45, 7) is 1.69. The van der Waals surface area contributed by atoms with Crippen LogP contribution in [0, 0.1) is 18.6 Å². The minimum absolute atomic E-state index is 0.0131. The number of allylic oxidation sites excluding steroid dienone is 1. The summed E-state index contributed by atoms with van der Waals surface area (Å²) in [6, 6.07) is 8.35. The van der Waals surface area contributed by atoms with Gasteiger partial charge < -0.3 is 9.84 Å². The van der Waals surface area contributed by atoms with E-state index < -0.39 is 36.4 Å². The molecule has 0 atom stereocenters. The SMILES string of the molecule is Cc1cc(CCC(=O)O)ccc1OCC1=C(c2ccc(F)c(F)c2)CC(F)(F)C1. The Hall–Kier alpha value is -2.83. The zero-order valence-electron chi connectivity index (χ0n) is 15.8. The van der Waals surface area contributed by atoms with Gasteiger partial charge in [-0.05, 0) is 59.4 Å². The number of carboxylic acids is 1. The number of carboxylic acid groups (broad SMARTS) is 1. The number of aliphatic carboxylic acids is 1. The lowest BCUT2D eigenvalue weighted by Gasteiger charge is -2.13. The van der Waals surface area contributed by atoms with Gasteiger partial charge >= 0.3 is 5.97 Å². The molecule has 1 N–H and O–H groups in total. The fourth-order valence-corrected chi connectivity index (χ4v) is 3.44. The lowest BCUT2D eigenvalue weighted by atomic mass is 10.0. The lowest BCUT2D eigenvalue weighted by Crippen LogP contribution is -2.11. The van der Waals surface area contributed by atoms with Gasteiger partial charge in [-0.1, -0.05) is 18.2 Å². The molecule has 0 amide bonds. The molecule has 1 aliphatic carbocycles. The minimum atomic E-state index is -2.96. The Balaban J connectivity index is 1.78. The second-order valence-corrected chi connectivity index (χ2v) is 7.20. The Morgan fingerprint density at radius 1 is 1.10 bits per heavy atom. The topological polar surface area (TPSA) is 46.5 Å². The van der Waals surface area contributed by atoms with Crippen LogP contribution in [-0.4, -0.2) is 23.6 Å². The van der Waals surface area contributed by atoms with Crippen LogP contribution in [0.3, 0.4) is 0 Å². The van der Waals surface area contributed by atoms with Gasteiger partial charge in [0.05, 0.1) is 0 Å². The smallest absolute Gasteiger partial charge is 0.303 e. The van der Waals surface area contributed by atoms with Gasteiger partial charge in [0.1, 0.15) is 12.4 Å². The van der Waals surface area contributed by atoms with Crippen molar-refractivity contribution >= 4 is 11.5 Å². The first-order valence-corrected chi connectivity index (χ1v) is 9.13. The van der Waals surface area contributed by atoms with E-state index in [9.17, 15) is 22.4 Å². The van der Waals surface area contributed by atoms with Gasteiger partial charge in [-0.2, -0.15) is 0 Å². The highest BCUT2D eigenvalue weighted by Crippen LogP contribution is 2.44. The summed E-state index contributed by atoms with van der Waals surface area (Å²) in [5, 5.41) is 8.76. The van der Waals surface area contributed by atoms with E-state index in [1.54, 1.807) is 25.1 Å². The first kappa shape index (κ1) is 20.9. The third-order valence-electron chi connectivity index (χ3n) is 4.87. The van der Waals surface area contributed by atoms with Crippen molar-refractivity contribution in [2.75, 3.05) is 6.61 Å². The fraction of sp³-hybridized carbons (Fsp3) is 0.318. The van der Waals surface area contributed by atoms with E-state index in [-0.39, 0.29) is 24.2 Å². The van der Waals surface area contributed by atoms with E-state index in [4.69, 9.17) is 9.84 Å². The van der Waals surface area contributed by atoms with Gasteiger partial charge in [0.2, 0.25) is 0 Å². The first-order valence-electron chi connectivity index (χ1n) is 9.13. The Kier molecular flexibility index (Phi) is 5.96. The Morgan fingerprint density at radius 3 is 2.52 bits per heavy atom. The highest BCUT2D eigenvalue weighted by Gasteiger charge is 2.39. The molecule has 2 aromatic rings. The second-order valence-electron chi connectivity index (χ2n) is 7.20. The number of rotatable bonds is 7. The van der Waals surface area contributed by atoms with Crippen LogP contribution < -0.4 is 4.74 Å². The highest BCUT2D eigenvalue weighted by molar-refractivity contribution is 5.72. The molecule has 0 unspecified atom stereocenters. The largest absolute Gasteiger partial charge is 0.489 e. The van der Waals surface area contributed by atoms with Gasteiger partial charge in [0.25, 0.3) is 5.92 Å². The summed E-state index contributed by atoms with van der Waals surface area (Å²) < 4.78 is 60.5. The molecule has 0 spiro atoms. The van der Waals surface area contributed by atoms with Crippen molar-refractivity contribution in [3.8, 4) is 5.75 Å². The molecule has 3 nitrogen and oxygen atoms in total. The predicted molar refractivity (Wildman–Crippen MR) is 100 cm³/mol. The number of ether oxygens (including phenoxy) is 1. The summed E-state index contributed by atoms with van der Waals surface area (Å²) in [4.78, 5) is 10.7. The molecule has 29 heavy (non-hydrogen) atoms. The normalized spacial score (nSPS) is 15.6. The Bertz CT molecular complexity index is 967. The van der Waals surface area contributed by atoms with Crippen LogP contribution >= 0.6 is 0 Å². The molecule has 0 saturated carbocycles. The second kappa shape index (κ2) is 8.27. The summed E-state index contributed by atoms with van der Waals surface area (Å²) >= 11 is 0. The van der Waals surface area contributed by atoms with E-state index >= 15 is 0 Å². The van der Waals surface area contributed by atoms with Gasteiger partial charge in [-0.25, -0.2) is 17.6 Å². The van der Waals surface area contributed by atoms with Crippen molar-refractivity contribution in [2.24, 2.45) is 0 Å². The van der Waals surface area contributed by atoms with E-state index in [2.05, 4.69) is 0 Å². The summed E-state index contributed by atoms with van der Waals surface area (Å²) in [6.07, 6.45) is -0.658. The zero-order chi connectivity index (χ0) is 21.2. The third-order valence-corrected chi connectivity index (χ3v) is 4.87. The molecule has 0 saturated heterocycles. The average Bonchev–Trinajstić information content (AvgIpc) is 2.96. The average molecular weight is 408 g/mol. The number of hydrogen-bond acceptors (Lipinski definition) is 2. The molecule has 0 radical (unpaired) electrons. The fourth-order valence-electron chi connectivity index (χ4n) is 3.44. The molecule has 3 rings (SSSR count). The Morgan fingerprint density at radius 2 is 1.86 bits per heavy atom. The van der Waals surface area contributed by atoms with Crippen molar-refractivity contribution in [3.05, 3.63) is 70.3 Å². The number of halogens is 4. The molecule has 0 heterocycles. The van der Waals surface area contributed by atoms with Gasteiger partial charge in [-0.15, -0.1) is 0 Å². The number of carbonyl (C=O) groups is 1. The quantitative estimate of drug-likeness (QED) is 0.611. The molecule has 1 aliphatic rings. The van der Waals surface area contributed by atoms with Crippen molar-refractivity contribution in [1.29, 1.82) is 0 Å². The van der Waals surface area contributed by atoms with Crippen LogP contribution in [0.15, 0.2) is 42.0 Å². The molecular formula is C22H20F4O3. The van der Waals surface area contributed by atoms with Crippen molar-refractivity contribution in [3.63, 3.8) is 0 Å². The number of benzene rings is 2.